The normalized spacial score (nSPS) is 25.7. The zero-order chi connectivity index (χ0) is 14.7. The second kappa shape index (κ2) is 6.33. The van der Waals surface area contributed by atoms with Crippen molar-refractivity contribution < 1.29 is 4.74 Å². The summed E-state index contributed by atoms with van der Waals surface area (Å²) in [4.78, 5) is 6.51. The van der Waals surface area contributed by atoms with Crippen LogP contribution in [-0.2, 0) is 0 Å². The zero-order valence-corrected chi connectivity index (χ0v) is 12.9. The number of nitrogens with zero attached hydrogens (tertiary/aromatic N) is 4. The number of rotatable bonds is 4. The first kappa shape index (κ1) is 14.2. The Kier molecular flexibility index (Phi) is 4.27. The summed E-state index contributed by atoms with van der Waals surface area (Å²) in [6.45, 7) is 5.33. The van der Waals surface area contributed by atoms with Gasteiger partial charge in [0, 0.05) is 24.3 Å². The first-order valence-corrected chi connectivity index (χ1v) is 7.86. The second-order valence-corrected chi connectivity index (χ2v) is 6.14. The van der Waals surface area contributed by atoms with E-state index in [1.54, 1.807) is 6.20 Å². The van der Waals surface area contributed by atoms with Crippen LogP contribution in [-0.4, -0.2) is 46.1 Å². The monoisotopic (exact) mass is 288 g/mol. The third-order valence-corrected chi connectivity index (χ3v) is 4.31. The Labute approximate surface area is 126 Å². The summed E-state index contributed by atoms with van der Waals surface area (Å²) in [5.74, 6) is 0.742. The van der Waals surface area contributed by atoms with E-state index in [0.29, 0.717) is 18.2 Å². The molecule has 2 heterocycles. The van der Waals surface area contributed by atoms with Gasteiger partial charge in [0.1, 0.15) is 19.1 Å². The fourth-order valence-electron chi connectivity index (χ4n) is 2.93. The maximum atomic E-state index is 5.95. The molecule has 0 radical (unpaired) electrons. The van der Waals surface area contributed by atoms with Gasteiger partial charge < -0.3 is 9.64 Å². The van der Waals surface area contributed by atoms with Crippen molar-refractivity contribution in [2.45, 2.75) is 57.7 Å². The van der Waals surface area contributed by atoms with E-state index >= 15 is 0 Å². The second-order valence-electron chi connectivity index (χ2n) is 6.14. The van der Waals surface area contributed by atoms with Crippen molar-refractivity contribution in [1.29, 1.82) is 0 Å². The van der Waals surface area contributed by atoms with Gasteiger partial charge in [0.15, 0.2) is 0 Å². The highest BCUT2D eigenvalue weighted by atomic mass is 16.5. The molecule has 0 saturated heterocycles. The lowest BCUT2D eigenvalue weighted by Gasteiger charge is -2.34. The predicted molar refractivity (Wildman–Crippen MR) is 83.1 cm³/mol. The highest BCUT2D eigenvalue weighted by Gasteiger charge is 2.29. The molecule has 0 unspecified atom stereocenters. The van der Waals surface area contributed by atoms with Crippen molar-refractivity contribution in [1.82, 2.24) is 14.9 Å². The Bertz CT molecular complexity index is 468. The van der Waals surface area contributed by atoms with Crippen LogP contribution >= 0.6 is 0 Å². The van der Waals surface area contributed by atoms with Gasteiger partial charge in [-0.2, -0.15) is 5.10 Å². The van der Waals surface area contributed by atoms with Gasteiger partial charge in [-0.25, -0.2) is 4.98 Å². The van der Waals surface area contributed by atoms with Crippen molar-refractivity contribution in [2.75, 3.05) is 6.67 Å². The molecule has 3 rings (SSSR count). The molecule has 114 valence electrons. The lowest BCUT2D eigenvalue weighted by atomic mass is 9.92. The lowest BCUT2D eigenvalue weighted by molar-refractivity contribution is 0.0756. The minimum absolute atomic E-state index is 0.295. The van der Waals surface area contributed by atoms with Crippen molar-refractivity contribution in [3.8, 4) is 5.88 Å². The van der Waals surface area contributed by atoms with Crippen LogP contribution in [0, 0.1) is 0 Å². The molecular formula is C16H24N4O. The van der Waals surface area contributed by atoms with Crippen LogP contribution in [0.4, 0.5) is 0 Å². The van der Waals surface area contributed by atoms with Gasteiger partial charge in [-0.3, -0.25) is 5.01 Å². The van der Waals surface area contributed by atoms with Gasteiger partial charge in [-0.05, 0) is 45.6 Å². The summed E-state index contributed by atoms with van der Waals surface area (Å²) < 4.78 is 5.95. The van der Waals surface area contributed by atoms with Gasteiger partial charge >= 0.3 is 0 Å². The maximum absolute atomic E-state index is 5.95. The summed E-state index contributed by atoms with van der Waals surface area (Å²) >= 11 is 0. The van der Waals surface area contributed by atoms with Gasteiger partial charge in [0.05, 0.1) is 0 Å². The first-order chi connectivity index (χ1) is 10.2. The molecule has 21 heavy (non-hydrogen) atoms. The molecule has 1 aliphatic carbocycles. The summed E-state index contributed by atoms with van der Waals surface area (Å²) in [5, 5.41) is 6.79. The molecule has 0 bridgehead atoms. The van der Waals surface area contributed by atoms with E-state index in [1.165, 1.54) is 0 Å². The molecule has 1 aromatic heterocycles. The maximum Gasteiger partial charge on any atom is 0.213 e. The van der Waals surface area contributed by atoms with E-state index in [1.807, 2.05) is 24.5 Å². The van der Waals surface area contributed by atoms with Gasteiger partial charge in [0.2, 0.25) is 5.88 Å². The van der Waals surface area contributed by atoms with Crippen molar-refractivity contribution in [3.63, 3.8) is 0 Å². The van der Waals surface area contributed by atoms with E-state index in [0.717, 1.165) is 38.2 Å². The third-order valence-electron chi connectivity index (χ3n) is 4.31. The quantitative estimate of drug-likeness (QED) is 0.854. The van der Waals surface area contributed by atoms with Gasteiger partial charge in [-0.1, -0.05) is 6.07 Å². The SMILES string of the molecule is CC(C)N1C=NN(C2CCC(Oc3ccccn3)CC2)C1. The molecule has 1 saturated carbocycles. The Balaban J connectivity index is 1.47. The molecule has 1 fully saturated rings. The van der Waals surface area contributed by atoms with Gasteiger partial charge in [-0.15, -0.1) is 0 Å². The zero-order valence-electron chi connectivity index (χ0n) is 12.9. The standard InChI is InChI=1S/C16H24N4O/c1-13(2)19-11-18-20(12-19)14-6-8-15(9-7-14)21-16-5-3-4-10-17-16/h3-5,10-11,13-15H,6-9,12H2,1-2H3. The molecule has 1 aliphatic heterocycles. The minimum Gasteiger partial charge on any atom is -0.474 e. The topological polar surface area (TPSA) is 41.0 Å². The van der Waals surface area contributed by atoms with E-state index in [4.69, 9.17) is 4.74 Å². The van der Waals surface area contributed by atoms with Crippen LogP contribution in [0.2, 0.25) is 0 Å². The van der Waals surface area contributed by atoms with Crippen LogP contribution in [0.15, 0.2) is 29.5 Å². The first-order valence-electron chi connectivity index (χ1n) is 7.86. The number of hydrogen-bond acceptors (Lipinski definition) is 5. The molecule has 0 spiro atoms. The van der Waals surface area contributed by atoms with Crippen molar-refractivity contribution >= 4 is 6.34 Å². The van der Waals surface area contributed by atoms with E-state index in [-0.39, 0.29) is 0 Å². The van der Waals surface area contributed by atoms with Crippen LogP contribution in [0.3, 0.4) is 0 Å². The molecule has 2 aliphatic rings. The molecule has 0 atom stereocenters. The van der Waals surface area contributed by atoms with Crippen LogP contribution < -0.4 is 4.74 Å². The lowest BCUT2D eigenvalue weighted by Crippen LogP contribution is -2.40. The molecular weight excluding hydrogens is 264 g/mol. The number of ether oxygens (including phenoxy) is 1. The summed E-state index contributed by atoms with van der Waals surface area (Å²) in [5.41, 5.74) is 0. The number of aromatic nitrogens is 1. The Morgan fingerprint density at radius 1 is 1.19 bits per heavy atom. The summed E-state index contributed by atoms with van der Waals surface area (Å²) in [7, 11) is 0. The molecule has 0 amide bonds. The van der Waals surface area contributed by atoms with Crippen LogP contribution in [0.25, 0.3) is 0 Å². The molecule has 5 heteroatoms. The average molecular weight is 288 g/mol. The number of hydrogen-bond donors (Lipinski definition) is 0. The fraction of sp³-hybridized carbons (Fsp3) is 0.625. The molecule has 1 aromatic rings. The Morgan fingerprint density at radius 3 is 2.62 bits per heavy atom. The van der Waals surface area contributed by atoms with Crippen LogP contribution in [0.1, 0.15) is 39.5 Å². The summed E-state index contributed by atoms with van der Waals surface area (Å²) in [6.07, 6.45) is 8.48. The molecule has 0 aromatic carbocycles. The van der Waals surface area contributed by atoms with Crippen molar-refractivity contribution in [3.05, 3.63) is 24.4 Å². The van der Waals surface area contributed by atoms with E-state index in [2.05, 4.69) is 33.8 Å². The number of hydrazone groups is 1. The number of pyridine rings is 1. The minimum atomic E-state index is 0.295. The Morgan fingerprint density at radius 2 is 2.00 bits per heavy atom. The third kappa shape index (κ3) is 3.46. The average Bonchev–Trinajstić information content (AvgIpc) is 2.99. The highest BCUT2D eigenvalue weighted by Crippen LogP contribution is 2.27. The predicted octanol–water partition coefficient (Wildman–Crippen LogP) is 2.70. The smallest absolute Gasteiger partial charge is 0.213 e. The molecule has 5 nitrogen and oxygen atoms in total. The molecule has 0 N–H and O–H groups in total. The summed E-state index contributed by atoms with van der Waals surface area (Å²) in [6, 6.07) is 6.87. The van der Waals surface area contributed by atoms with E-state index in [9.17, 15) is 0 Å². The van der Waals surface area contributed by atoms with Crippen LogP contribution in [0.5, 0.6) is 5.88 Å². The Hall–Kier alpha value is -1.78. The van der Waals surface area contributed by atoms with E-state index < -0.39 is 0 Å². The highest BCUT2D eigenvalue weighted by molar-refractivity contribution is 5.56. The van der Waals surface area contributed by atoms with Crippen molar-refractivity contribution in [2.24, 2.45) is 5.10 Å². The van der Waals surface area contributed by atoms with Gasteiger partial charge in [0.25, 0.3) is 0 Å². The fourth-order valence-corrected chi connectivity index (χ4v) is 2.93. The largest absolute Gasteiger partial charge is 0.474 e.